The van der Waals surface area contributed by atoms with Gasteiger partial charge in [0.1, 0.15) is 16.5 Å². The van der Waals surface area contributed by atoms with Gasteiger partial charge in [0.05, 0.1) is 23.8 Å². The predicted molar refractivity (Wildman–Crippen MR) is 179 cm³/mol. The molecule has 3 heterocycles. The Morgan fingerprint density at radius 2 is 1.81 bits per heavy atom. The zero-order valence-corrected chi connectivity index (χ0v) is 27.8. The Hall–Kier alpha value is -4.33. The van der Waals surface area contributed by atoms with Crippen molar-refractivity contribution in [2.45, 2.75) is 57.1 Å². The third-order valence-electron chi connectivity index (χ3n) is 8.20. The van der Waals surface area contributed by atoms with Crippen LogP contribution < -0.4 is 15.5 Å². The summed E-state index contributed by atoms with van der Waals surface area (Å²) in [5.41, 5.74) is 1.77. The van der Waals surface area contributed by atoms with Gasteiger partial charge in [0.25, 0.3) is 11.8 Å². The van der Waals surface area contributed by atoms with Crippen LogP contribution in [0.25, 0.3) is 0 Å². The first-order chi connectivity index (χ1) is 22.9. The van der Waals surface area contributed by atoms with Crippen molar-refractivity contribution in [3.63, 3.8) is 0 Å². The Bertz CT molecular complexity index is 1720. The summed E-state index contributed by atoms with van der Waals surface area (Å²) in [6, 6.07) is 16.5. The van der Waals surface area contributed by atoms with Gasteiger partial charge in [-0.15, -0.1) is 11.3 Å². The number of aliphatic hydroxyl groups is 1. The molecular formula is C35H39F3N6O3S. The summed E-state index contributed by atoms with van der Waals surface area (Å²) < 4.78 is 39.5. The van der Waals surface area contributed by atoms with E-state index in [4.69, 9.17) is 0 Å². The molecule has 0 unspecified atom stereocenters. The summed E-state index contributed by atoms with van der Waals surface area (Å²) in [7, 11) is 3.54. The number of aromatic nitrogens is 2. The van der Waals surface area contributed by atoms with Gasteiger partial charge < -0.3 is 25.5 Å². The van der Waals surface area contributed by atoms with Crippen LogP contribution in [0.1, 0.15) is 67.1 Å². The van der Waals surface area contributed by atoms with E-state index in [0.29, 0.717) is 23.5 Å². The van der Waals surface area contributed by atoms with Crippen molar-refractivity contribution in [2.24, 2.45) is 0 Å². The second kappa shape index (κ2) is 15.3. The highest BCUT2D eigenvalue weighted by atomic mass is 32.1. The highest BCUT2D eigenvalue weighted by Crippen LogP contribution is 2.35. The number of carbonyl (C=O) groups is 2. The number of aryl methyl sites for hydroxylation is 1. The second-order valence-corrected chi connectivity index (χ2v) is 13.0. The predicted octanol–water partition coefficient (Wildman–Crippen LogP) is 5.40. The standard InChI is InChI=1S/C35H39F3N6O3S/c1-22-21-48-33(40-22)29-13-8-14-44(29)34(47)25-17-28(41-31(18-25)43(2)3)32(46)42-27(16-23-9-5-4-6-10-23)30(45)20-39-19-24-11-7-12-26(15-24)35(36,37)38/h4-7,9-12,15,17-18,21,27,29-30,39,45H,8,13-14,16,19-20H2,1-3H3,(H,42,46)/t27-,29+,30+/m0/s1. The molecule has 0 spiro atoms. The number of nitrogens with one attached hydrogen (secondary N) is 2. The van der Waals surface area contributed by atoms with Gasteiger partial charge in [-0.2, -0.15) is 13.2 Å². The van der Waals surface area contributed by atoms with E-state index in [1.54, 1.807) is 36.0 Å². The van der Waals surface area contributed by atoms with E-state index in [9.17, 15) is 27.9 Å². The average molecular weight is 681 g/mol. The largest absolute Gasteiger partial charge is 0.416 e. The molecule has 3 atom stereocenters. The van der Waals surface area contributed by atoms with E-state index < -0.39 is 29.8 Å². The van der Waals surface area contributed by atoms with Crippen LogP contribution in [0.15, 0.2) is 72.1 Å². The molecule has 0 saturated carbocycles. The van der Waals surface area contributed by atoms with Crippen LogP contribution >= 0.6 is 11.3 Å². The Morgan fingerprint density at radius 3 is 2.50 bits per heavy atom. The topological polar surface area (TPSA) is 111 Å². The van der Waals surface area contributed by atoms with Gasteiger partial charge in [0.2, 0.25) is 0 Å². The minimum absolute atomic E-state index is 0.00446. The molecule has 0 aliphatic carbocycles. The lowest BCUT2D eigenvalue weighted by atomic mass is 10.0. The molecule has 48 heavy (non-hydrogen) atoms. The van der Waals surface area contributed by atoms with Crippen molar-refractivity contribution >= 4 is 29.0 Å². The number of nitrogens with zero attached hydrogens (tertiary/aromatic N) is 4. The highest BCUT2D eigenvalue weighted by molar-refractivity contribution is 7.09. The Morgan fingerprint density at radius 1 is 1.06 bits per heavy atom. The summed E-state index contributed by atoms with van der Waals surface area (Å²) in [5.74, 6) is -0.363. The molecule has 1 fully saturated rings. The summed E-state index contributed by atoms with van der Waals surface area (Å²) in [6.07, 6.45) is -3.64. The first-order valence-electron chi connectivity index (χ1n) is 15.7. The van der Waals surface area contributed by atoms with Crippen LogP contribution in [0.5, 0.6) is 0 Å². The zero-order valence-electron chi connectivity index (χ0n) is 27.0. The molecule has 2 amide bonds. The third-order valence-corrected chi connectivity index (χ3v) is 9.27. The maximum absolute atomic E-state index is 13.9. The van der Waals surface area contributed by atoms with Gasteiger partial charge >= 0.3 is 6.18 Å². The fraction of sp³-hybridized carbons (Fsp3) is 0.371. The molecule has 2 aromatic carbocycles. The fourth-order valence-electron chi connectivity index (χ4n) is 5.70. The van der Waals surface area contributed by atoms with Crippen LogP contribution in [0, 0.1) is 6.92 Å². The number of likely N-dealkylation sites (tertiary alicyclic amines) is 1. The van der Waals surface area contributed by atoms with E-state index in [-0.39, 0.29) is 37.2 Å². The number of pyridine rings is 1. The molecule has 3 N–H and O–H groups in total. The molecule has 0 bridgehead atoms. The van der Waals surface area contributed by atoms with Crippen molar-refractivity contribution in [3.8, 4) is 0 Å². The molecule has 13 heteroatoms. The van der Waals surface area contributed by atoms with Gasteiger partial charge in [0, 0.05) is 50.4 Å². The number of hydrogen-bond acceptors (Lipinski definition) is 8. The molecule has 1 saturated heterocycles. The summed E-state index contributed by atoms with van der Waals surface area (Å²) in [6.45, 7) is 2.58. The smallest absolute Gasteiger partial charge is 0.390 e. The number of thiazole rings is 1. The lowest BCUT2D eigenvalue weighted by Gasteiger charge is -2.26. The maximum atomic E-state index is 13.9. The lowest BCUT2D eigenvalue weighted by molar-refractivity contribution is -0.137. The summed E-state index contributed by atoms with van der Waals surface area (Å²) in [4.78, 5) is 40.3. The van der Waals surface area contributed by atoms with E-state index in [0.717, 1.165) is 41.2 Å². The van der Waals surface area contributed by atoms with Crippen LogP contribution in [0.2, 0.25) is 0 Å². The van der Waals surface area contributed by atoms with Crippen molar-refractivity contribution < 1.29 is 27.9 Å². The number of hydrogen-bond donors (Lipinski definition) is 3. The minimum Gasteiger partial charge on any atom is -0.390 e. The average Bonchev–Trinajstić information content (AvgIpc) is 3.73. The van der Waals surface area contributed by atoms with Crippen LogP contribution in [0.3, 0.4) is 0 Å². The van der Waals surface area contributed by atoms with E-state index in [2.05, 4.69) is 20.6 Å². The van der Waals surface area contributed by atoms with Gasteiger partial charge in [-0.25, -0.2) is 9.97 Å². The number of carbonyl (C=O) groups excluding carboxylic acids is 2. The maximum Gasteiger partial charge on any atom is 0.416 e. The summed E-state index contributed by atoms with van der Waals surface area (Å²) >= 11 is 1.53. The molecule has 254 valence electrons. The number of benzene rings is 2. The monoisotopic (exact) mass is 680 g/mol. The molecule has 9 nitrogen and oxygen atoms in total. The van der Waals surface area contributed by atoms with Crippen molar-refractivity contribution in [3.05, 3.63) is 111 Å². The normalized spacial score (nSPS) is 16.1. The van der Waals surface area contributed by atoms with E-state index in [1.807, 2.05) is 42.6 Å². The molecule has 1 aliphatic rings. The first kappa shape index (κ1) is 35.0. The molecule has 4 aromatic rings. The van der Waals surface area contributed by atoms with E-state index in [1.165, 1.54) is 23.5 Å². The first-order valence-corrected chi connectivity index (χ1v) is 16.6. The number of aliphatic hydroxyl groups excluding tert-OH is 1. The van der Waals surface area contributed by atoms with Gasteiger partial charge in [-0.3, -0.25) is 9.59 Å². The number of rotatable bonds is 12. The van der Waals surface area contributed by atoms with Gasteiger partial charge in [-0.05, 0) is 55.5 Å². The molecule has 1 aliphatic heterocycles. The quantitative estimate of drug-likeness (QED) is 0.184. The highest BCUT2D eigenvalue weighted by Gasteiger charge is 2.34. The third kappa shape index (κ3) is 8.77. The Labute approximate surface area is 281 Å². The van der Waals surface area contributed by atoms with Crippen molar-refractivity contribution in [1.82, 2.24) is 25.5 Å². The van der Waals surface area contributed by atoms with Crippen LogP contribution in [-0.2, 0) is 19.1 Å². The van der Waals surface area contributed by atoms with Crippen LogP contribution in [0.4, 0.5) is 19.0 Å². The van der Waals surface area contributed by atoms with Gasteiger partial charge in [-0.1, -0.05) is 48.5 Å². The number of anilines is 1. The Balaban J connectivity index is 1.34. The number of alkyl halides is 3. The fourth-order valence-corrected chi connectivity index (χ4v) is 6.64. The number of amides is 2. The molecule has 0 radical (unpaired) electrons. The molecule has 5 rings (SSSR count). The van der Waals surface area contributed by atoms with E-state index >= 15 is 0 Å². The molecule has 2 aromatic heterocycles. The van der Waals surface area contributed by atoms with Crippen molar-refractivity contribution in [2.75, 3.05) is 32.1 Å². The Kier molecular flexibility index (Phi) is 11.1. The second-order valence-electron chi connectivity index (χ2n) is 12.1. The zero-order chi connectivity index (χ0) is 34.4. The minimum atomic E-state index is -4.46. The SMILES string of the molecule is Cc1csc([C@H]2CCCN2C(=O)c2cc(C(=O)N[C@@H](Cc3ccccc3)[C@H](O)CNCc3cccc(C(F)(F)F)c3)nc(N(C)C)c2)n1. The lowest BCUT2D eigenvalue weighted by Crippen LogP contribution is -2.49. The number of halogens is 3. The molecular weight excluding hydrogens is 641 g/mol. The van der Waals surface area contributed by atoms with Crippen LogP contribution in [-0.4, -0.2) is 71.1 Å². The van der Waals surface area contributed by atoms with Crippen molar-refractivity contribution in [1.29, 1.82) is 0 Å². The van der Waals surface area contributed by atoms with Gasteiger partial charge in [0.15, 0.2) is 0 Å². The summed E-state index contributed by atoms with van der Waals surface area (Å²) in [5, 5.41) is 20.0.